The predicted molar refractivity (Wildman–Crippen MR) is 105 cm³/mol. The number of hydrogen-bond acceptors (Lipinski definition) is 12. The SMILES string of the molecule is CO[C@@H]1OC(CO)[C@@H](O)[C@H](O[C@@H]2OC(C(=O)NCCN)[C@@H](OC)[C@H](O)C2O)C1NC(C)=O. The van der Waals surface area contributed by atoms with E-state index in [0.717, 1.165) is 0 Å². The molecule has 2 amide bonds. The average molecular weight is 467 g/mol. The number of methoxy groups -OCH3 is 2. The third-order valence-corrected chi connectivity index (χ3v) is 5.27. The van der Waals surface area contributed by atoms with E-state index in [-0.39, 0.29) is 13.1 Å². The van der Waals surface area contributed by atoms with Crippen molar-refractivity contribution in [2.75, 3.05) is 33.9 Å². The summed E-state index contributed by atoms with van der Waals surface area (Å²) in [5.74, 6) is -1.15. The summed E-state index contributed by atoms with van der Waals surface area (Å²) in [5.41, 5.74) is 5.39. The molecule has 0 aliphatic carbocycles. The Morgan fingerprint density at radius 1 is 1.00 bits per heavy atom. The summed E-state index contributed by atoms with van der Waals surface area (Å²) < 4.78 is 27.1. The molecule has 14 heteroatoms. The van der Waals surface area contributed by atoms with Crippen molar-refractivity contribution in [2.45, 2.75) is 68.3 Å². The summed E-state index contributed by atoms with van der Waals surface area (Å²) in [4.78, 5) is 24.2. The molecule has 8 N–H and O–H groups in total. The van der Waals surface area contributed by atoms with Gasteiger partial charge in [0.05, 0.1) is 6.61 Å². The second-order valence-electron chi connectivity index (χ2n) is 7.47. The number of aliphatic hydroxyl groups is 4. The molecular weight excluding hydrogens is 434 g/mol. The number of carbonyl (C=O) groups is 2. The van der Waals surface area contributed by atoms with Crippen LogP contribution in [0, 0.1) is 0 Å². The third kappa shape index (κ3) is 5.91. The van der Waals surface area contributed by atoms with E-state index in [4.69, 9.17) is 29.4 Å². The van der Waals surface area contributed by atoms with Gasteiger partial charge in [-0.2, -0.15) is 0 Å². The summed E-state index contributed by atoms with van der Waals surface area (Å²) in [6, 6.07) is -1.08. The lowest BCUT2D eigenvalue weighted by atomic mass is 9.95. The highest BCUT2D eigenvalue weighted by atomic mass is 16.7. The summed E-state index contributed by atoms with van der Waals surface area (Å²) in [7, 11) is 2.53. The highest BCUT2D eigenvalue weighted by molar-refractivity contribution is 5.81. The Balaban J connectivity index is 2.29. The predicted octanol–water partition coefficient (Wildman–Crippen LogP) is -4.86. The van der Waals surface area contributed by atoms with Gasteiger partial charge in [0.2, 0.25) is 5.91 Å². The van der Waals surface area contributed by atoms with Gasteiger partial charge < -0.3 is 60.5 Å². The number of nitrogens with one attached hydrogen (secondary N) is 2. The van der Waals surface area contributed by atoms with Gasteiger partial charge in [-0.05, 0) is 0 Å². The van der Waals surface area contributed by atoms with E-state index < -0.39 is 79.8 Å². The number of rotatable bonds is 9. The van der Waals surface area contributed by atoms with Crippen LogP contribution in [-0.2, 0) is 33.3 Å². The van der Waals surface area contributed by atoms with Crippen molar-refractivity contribution in [2.24, 2.45) is 5.73 Å². The van der Waals surface area contributed by atoms with Crippen LogP contribution in [-0.4, -0.2) is 128 Å². The molecule has 2 rings (SSSR count). The Labute approximate surface area is 184 Å². The molecule has 0 saturated carbocycles. The van der Waals surface area contributed by atoms with Crippen molar-refractivity contribution in [1.29, 1.82) is 0 Å². The van der Waals surface area contributed by atoms with Gasteiger partial charge in [-0.15, -0.1) is 0 Å². The lowest BCUT2D eigenvalue weighted by molar-refractivity contribution is -0.338. The standard InChI is InChI=1S/C18H33N3O11/c1-7(23)21-9-13(10(24)8(6-22)30-17(9)29-3)31-18-12(26)11(25)14(28-2)15(32-18)16(27)20-5-4-19/h8-15,17-18,22,24-26H,4-6,19H2,1-3H3,(H,20,27)(H,21,23)/t8?,9?,10-,11-,12?,13-,14+,15?,17-,18-/m1/s1. The fourth-order valence-electron chi connectivity index (χ4n) is 3.69. The van der Waals surface area contributed by atoms with Crippen LogP contribution in [0.2, 0.25) is 0 Å². The smallest absolute Gasteiger partial charge is 0.252 e. The normalized spacial score (nSPS) is 40.0. The van der Waals surface area contributed by atoms with Crippen molar-refractivity contribution in [3.8, 4) is 0 Å². The average Bonchev–Trinajstić information content (AvgIpc) is 2.77. The molecular formula is C18H33N3O11. The largest absolute Gasteiger partial charge is 0.394 e. The van der Waals surface area contributed by atoms with E-state index in [1.165, 1.54) is 21.1 Å². The topological polar surface area (TPSA) is 211 Å². The Bertz CT molecular complexity index is 627. The second-order valence-corrected chi connectivity index (χ2v) is 7.47. The van der Waals surface area contributed by atoms with Gasteiger partial charge in [0.15, 0.2) is 18.7 Å². The molecule has 2 fully saturated rings. The molecule has 2 aliphatic rings. The molecule has 32 heavy (non-hydrogen) atoms. The minimum atomic E-state index is -1.68. The first-order chi connectivity index (χ1) is 15.2. The van der Waals surface area contributed by atoms with Crippen LogP contribution in [0.1, 0.15) is 6.92 Å². The fraction of sp³-hybridized carbons (Fsp3) is 0.889. The van der Waals surface area contributed by atoms with Gasteiger partial charge in [-0.25, -0.2) is 0 Å². The van der Waals surface area contributed by atoms with E-state index in [2.05, 4.69) is 10.6 Å². The Morgan fingerprint density at radius 3 is 2.22 bits per heavy atom. The quantitative estimate of drug-likeness (QED) is 0.170. The van der Waals surface area contributed by atoms with Gasteiger partial charge in [0, 0.05) is 34.2 Å². The van der Waals surface area contributed by atoms with Crippen LogP contribution >= 0.6 is 0 Å². The zero-order valence-electron chi connectivity index (χ0n) is 18.1. The number of aliphatic hydroxyl groups excluding tert-OH is 4. The first-order valence-corrected chi connectivity index (χ1v) is 10.1. The van der Waals surface area contributed by atoms with Gasteiger partial charge >= 0.3 is 0 Å². The monoisotopic (exact) mass is 467 g/mol. The lowest BCUT2D eigenvalue weighted by Crippen LogP contribution is -2.68. The fourth-order valence-corrected chi connectivity index (χ4v) is 3.69. The summed E-state index contributed by atoms with van der Waals surface area (Å²) in [6.07, 6.45) is -12.5. The van der Waals surface area contributed by atoms with Gasteiger partial charge in [0.1, 0.15) is 42.7 Å². The van der Waals surface area contributed by atoms with Gasteiger partial charge in [0.25, 0.3) is 5.91 Å². The van der Waals surface area contributed by atoms with Crippen molar-refractivity contribution in [3.05, 3.63) is 0 Å². The maximum absolute atomic E-state index is 12.5. The van der Waals surface area contributed by atoms with Crippen molar-refractivity contribution in [3.63, 3.8) is 0 Å². The first kappa shape index (κ1) is 26.8. The molecule has 4 unspecified atom stereocenters. The van der Waals surface area contributed by atoms with Crippen LogP contribution < -0.4 is 16.4 Å². The molecule has 10 atom stereocenters. The highest BCUT2D eigenvalue weighted by Crippen LogP contribution is 2.30. The molecule has 2 aliphatic heterocycles. The minimum Gasteiger partial charge on any atom is -0.394 e. The summed E-state index contributed by atoms with van der Waals surface area (Å²) in [5, 5.41) is 46.3. The zero-order chi connectivity index (χ0) is 24.0. The van der Waals surface area contributed by atoms with Crippen LogP contribution in [0.25, 0.3) is 0 Å². The second kappa shape index (κ2) is 12.1. The molecule has 0 spiro atoms. The van der Waals surface area contributed by atoms with Crippen LogP contribution in [0.4, 0.5) is 0 Å². The van der Waals surface area contributed by atoms with Crippen LogP contribution in [0.15, 0.2) is 0 Å². The molecule has 2 heterocycles. The summed E-state index contributed by atoms with van der Waals surface area (Å²) in [6.45, 7) is 0.927. The number of hydrogen-bond donors (Lipinski definition) is 7. The number of ether oxygens (including phenoxy) is 5. The maximum Gasteiger partial charge on any atom is 0.252 e. The molecule has 0 aromatic carbocycles. The third-order valence-electron chi connectivity index (χ3n) is 5.27. The lowest BCUT2D eigenvalue weighted by Gasteiger charge is -2.47. The Hall–Kier alpha value is -1.46. The molecule has 0 aromatic rings. The highest BCUT2D eigenvalue weighted by Gasteiger charge is 2.53. The summed E-state index contributed by atoms with van der Waals surface area (Å²) >= 11 is 0. The Morgan fingerprint density at radius 2 is 1.69 bits per heavy atom. The maximum atomic E-state index is 12.5. The number of carbonyl (C=O) groups excluding carboxylic acids is 2. The number of amides is 2. The van der Waals surface area contributed by atoms with E-state index in [0.29, 0.717) is 0 Å². The molecule has 0 radical (unpaired) electrons. The van der Waals surface area contributed by atoms with Crippen molar-refractivity contribution < 1.29 is 53.7 Å². The van der Waals surface area contributed by atoms with Crippen molar-refractivity contribution in [1.82, 2.24) is 10.6 Å². The van der Waals surface area contributed by atoms with E-state index >= 15 is 0 Å². The van der Waals surface area contributed by atoms with Crippen LogP contribution in [0.3, 0.4) is 0 Å². The molecule has 14 nitrogen and oxygen atoms in total. The van der Waals surface area contributed by atoms with E-state index in [1.54, 1.807) is 0 Å². The van der Waals surface area contributed by atoms with Gasteiger partial charge in [-0.3, -0.25) is 9.59 Å². The molecule has 2 saturated heterocycles. The van der Waals surface area contributed by atoms with E-state index in [1.807, 2.05) is 0 Å². The van der Waals surface area contributed by atoms with E-state index in [9.17, 15) is 30.0 Å². The number of nitrogens with two attached hydrogens (primary N) is 1. The molecule has 186 valence electrons. The van der Waals surface area contributed by atoms with Crippen molar-refractivity contribution >= 4 is 11.8 Å². The minimum absolute atomic E-state index is 0.135. The molecule has 0 bridgehead atoms. The van der Waals surface area contributed by atoms with Crippen LogP contribution in [0.5, 0.6) is 0 Å². The first-order valence-electron chi connectivity index (χ1n) is 10.1. The zero-order valence-corrected chi connectivity index (χ0v) is 18.1. The Kier molecular flexibility index (Phi) is 10.2. The molecule has 0 aromatic heterocycles. The van der Waals surface area contributed by atoms with Gasteiger partial charge in [-0.1, -0.05) is 0 Å².